The number of imide groups is 1. The van der Waals surface area contributed by atoms with Gasteiger partial charge in [0, 0.05) is 6.42 Å². The average Bonchev–Trinajstić information content (AvgIpc) is 2.86. The van der Waals surface area contributed by atoms with Gasteiger partial charge in [0.25, 0.3) is 5.91 Å². The van der Waals surface area contributed by atoms with Crippen LogP contribution in [0.4, 0.5) is 4.79 Å². The van der Waals surface area contributed by atoms with Crippen molar-refractivity contribution in [1.29, 1.82) is 0 Å². The van der Waals surface area contributed by atoms with E-state index in [1.54, 1.807) is 6.92 Å². The van der Waals surface area contributed by atoms with Crippen LogP contribution >= 0.6 is 0 Å². The molecule has 120 valence electrons. The number of carbonyl (C=O) groups is 3. The van der Waals surface area contributed by atoms with E-state index >= 15 is 0 Å². The lowest BCUT2D eigenvalue weighted by Gasteiger charge is -2.21. The maximum atomic E-state index is 12.3. The summed E-state index contributed by atoms with van der Waals surface area (Å²) in [5.74, 6) is 1.06. The number of amides is 3. The third kappa shape index (κ3) is 2.18. The number of ketones is 1. The van der Waals surface area contributed by atoms with Crippen molar-refractivity contribution in [2.45, 2.75) is 58.9 Å². The maximum Gasteiger partial charge on any atom is 0.322 e. The lowest BCUT2D eigenvalue weighted by Crippen LogP contribution is -2.43. The van der Waals surface area contributed by atoms with Crippen molar-refractivity contribution in [3.8, 4) is 0 Å². The van der Waals surface area contributed by atoms with Crippen molar-refractivity contribution < 1.29 is 14.4 Å². The minimum Gasteiger partial charge on any atom is -0.324 e. The molecule has 1 saturated heterocycles. The molecule has 2 N–H and O–H groups in total. The Labute approximate surface area is 130 Å². The van der Waals surface area contributed by atoms with Gasteiger partial charge in [-0.1, -0.05) is 12.5 Å². The van der Waals surface area contributed by atoms with E-state index < -0.39 is 11.6 Å². The van der Waals surface area contributed by atoms with Gasteiger partial charge in [0.2, 0.25) is 0 Å². The highest BCUT2D eigenvalue weighted by molar-refractivity contribution is 6.06. The van der Waals surface area contributed by atoms with Gasteiger partial charge in [0.1, 0.15) is 5.54 Å². The first kappa shape index (κ1) is 15.3. The Morgan fingerprint density at radius 3 is 2.45 bits per heavy atom. The van der Waals surface area contributed by atoms with Crippen LogP contribution in [-0.4, -0.2) is 23.3 Å². The van der Waals surface area contributed by atoms with Gasteiger partial charge in [0.15, 0.2) is 5.78 Å². The van der Waals surface area contributed by atoms with Gasteiger partial charge in [-0.15, -0.1) is 0 Å². The summed E-state index contributed by atoms with van der Waals surface area (Å²) in [6.45, 7) is 7.98. The maximum absolute atomic E-state index is 12.3. The molecule has 5 nitrogen and oxygen atoms in total. The molecule has 0 aromatic rings. The lowest BCUT2D eigenvalue weighted by molar-refractivity contribution is -0.123. The molecule has 3 fully saturated rings. The molecule has 3 amide bonds. The fraction of sp³-hybridized carbons (Fsp3) is 0.706. The normalized spacial score (nSPS) is 40.2. The van der Waals surface area contributed by atoms with E-state index in [4.69, 9.17) is 0 Å². The zero-order chi connectivity index (χ0) is 16.3. The molecule has 5 heteroatoms. The summed E-state index contributed by atoms with van der Waals surface area (Å²) in [4.78, 5) is 35.4. The summed E-state index contributed by atoms with van der Waals surface area (Å²) < 4.78 is 0. The fourth-order valence-electron chi connectivity index (χ4n) is 4.40. The minimum absolute atomic E-state index is 0.0888. The zero-order valence-electron chi connectivity index (χ0n) is 13.7. The van der Waals surface area contributed by atoms with Crippen LogP contribution in [0.1, 0.15) is 53.4 Å². The fourth-order valence-corrected chi connectivity index (χ4v) is 4.40. The molecule has 22 heavy (non-hydrogen) atoms. The van der Waals surface area contributed by atoms with E-state index in [1.165, 1.54) is 0 Å². The minimum atomic E-state index is -0.803. The van der Waals surface area contributed by atoms with Gasteiger partial charge in [-0.3, -0.25) is 14.9 Å². The smallest absolute Gasteiger partial charge is 0.322 e. The monoisotopic (exact) mass is 304 g/mol. The van der Waals surface area contributed by atoms with E-state index in [9.17, 15) is 14.4 Å². The van der Waals surface area contributed by atoms with Crippen LogP contribution < -0.4 is 10.6 Å². The van der Waals surface area contributed by atoms with Crippen LogP contribution in [0.5, 0.6) is 0 Å². The van der Waals surface area contributed by atoms with Crippen LogP contribution in [0.15, 0.2) is 11.1 Å². The number of fused-ring (bicyclic) bond motifs is 1. The average molecular weight is 304 g/mol. The molecule has 2 aliphatic carbocycles. The van der Waals surface area contributed by atoms with Gasteiger partial charge < -0.3 is 5.32 Å². The standard InChI is InChI=1S/C17H24N2O3/c1-9(2)10-7-12-11(16(12,3)8-13(10)20)5-6-17(4)14(21)18-15(22)19-17/h11-12H,5-8H2,1-4H3,(H2,18,19,21,22)/t11-,12+,16+,17?/m0/s1. The Kier molecular flexibility index (Phi) is 3.24. The van der Waals surface area contributed by atoms with Crippen LogP contribution in [0, 0.1) is 17.3 Å². The number of carbonyl (C=O) groups excluding carboxylic acids is 3. The second kappa shape index (κ2) is 4.67. The van der Waals surface area contributed by atoms with Gasteiger partial charge in [-0.25, -0.2) is 4.79 Å². The quantitative estimate of drug-likeness (QED) is 0.620. The summed E-state index contributed by atoms with van der Waals surface area (Å²) >= 11 is 0. The molecule has 1 unspecified atom stereocenters. The molecule has 0 spiro atoms. The van der Waals surface area contributed by atoms with Gasteiger partial charge in [0.05, 0.1) is 0 Å². The topological polar surface area (TPSA) is 75.3 Å². The highest BCUT2D eigenvalue weighted by Crippen LogP contribution is 2.68. The van der Waals surface area contributed by atoms with Crippen LogP contribution in [0.25, 0.3) is 0 Å². The summed E-state index contributed by atoms with van der Waals surface area (Å²) in [6.07, 6.45) is 2.99. The molecule has 0 aromatic carbocycles. The van der Waals surface area contributed by atoms with Crippen molar-refractivity contribution in [1.82, 2.24) is 10.6 Å². The molecular formula is C17H24N2O3. The Morgan fingerprint density at radius 2 is 1.91 bits per heavy atom. The predicted molar refractivity (Wildman–Crippen MR) is 82.0 cm³/mol. The highest BCUT2D eigenvalue weighted by Gasteiger charge is 2.63. The number of Topliss-reactive ketones (excluding diaryl/α,β-unsaturated/α-hetero) is 1. The molecule has 3 aliphatic rings. The van der Waals surface area contributed by atoms with E-state index in [2.05, 4.69) is 17.6 Å². The molecule has 0 aromatic heterocycles. The molecule has 4 atom stereocenters. The Balaban J connectivity index is 1.67. The van der Waals surface area contributed by atoms with Crippen molar-refractivity contribution in [2.75, 3.05) is 0 Å². The van der Waals surface area contributed by atoms with Crippen molar-refractivity contribution in [3.63, 3.8) is 0 Å². The number of rotatable bonds is 3. The first-order valence-electron chi connectivity index (χ1n) is 8.00. The molecule has 3 rings (SSSR count). The molecule has 0 bridgehead atoms. The second-order valence-electron chi connectivity index (χ2n) is 7.78. The number of hydrogen-bond acceptors (Lipinski definition) is 3. The van der Waals surface area contributed by atoms with E-state index in [0.29, 0.717) is 30.5 Å². The highest BCUT2D eigenvalue weighted by atomic mass is 16.2. The van der Waals surface area contributed by atoms with Crippen molar-refractivity contribution >= 4 is 17.7 Å². The van der Waals surface area contributed by atoms with E-state index in [1.807, 2.05) is 13.8 Å². The lowest BCUT2D eigenvalue weighted by atomic mass is 9.83. The zero-order valence-corrected chi connectivity index (χ0v) is 13.7. The van der Waals surface area contributed by atoms with Crippen molar-refractivity contribution in [3.05, 3.63) is 11.1 Å². The Morgan fingerprint density at radius 1 is 1.23 bits per heavy atom. The molecule has 0 radical (unpaired) electrons. The molecule has 1 heterocycles. The SMILES string of the molecule is CC(C)=C1C[C@@H]2[C@H](CCC3(C)NC(=O)NC3=O)[C@@]2(C)CC1=O. The summed E-state index contributed by atoms with van der Waals surface area (Å²) in [5.41, 5.74) is 1.42. The molecule has 2 saturated carbocycles. The van der Waals surface area contributed by atoms with Gasteiger partial charge >= 0.3 is 6.03 Å². The van der Waals surface area contributed by atoms with E-state index in [0.717, 1.165) is 24.0 Å². The number of allylic oxidation sites excluding steroid dienone is 2. The third-order valence-corrected chi connectivity index (χ3v) is 6.05. The van der Waals surface area contributed by atoms with Crippen LogP contribution in [-0.2, 0) is 9.59 Å². The summed E-state index contributed by atoms with van der Waals surface area (Å²) in [5, 5.41) is 5.02. The van der Waals surface area contributed by atoms with Crippen LogP contribution in [0.3, 0.4) is 0 Å². The summed E-state index contributed by atoms with van der Waals surface area (Å²) in [6, 6.07) is -0.408. The number of hydrogen-bond donors (Lipinski definition) is 2. The predicted octanol–water partition coefficient (Wildman–Crippen LogP) is 2.32. The van der Waals surface area contributed by atoms with Gasteiger partial charge in [-0.2, -0.15) is 0 Å². The Bertz CT molecular complexity index is 605. The van der Waals surface area contributed by atoms with Crippen LogP contribution in [0.2, 0.25) is 0 Å². The third-order valence-electron chi connectivity index (χ3n) is 6.05. The largest absolute Gasteiger partial charge is 0.324 e. The number of urea groups is 1. The van der Waals surface area contributed by atoms with Gasteiger partial charge in [-0.05, 0) is 62.9 Å². The molecular weight excluding hydrogens is 280 g/mol. The Hall–Kier alpha value is -1.65. The van der Waals surface area contributed by atoms with E-state index in [-0.39, 0.29) is 11.3 Å². The van der Waals surface area contributed by atoms with Crippen molar-refractivity contribution in [2.24, 2.45) is 17.3 Å². The molecule has 1 aliphatic heterocycles. The second-order valence-corrected chi connectivity index (χ2v) is 7.78. The first-order chi connectivity index (χ1) is 10.2. The summed E-state index contributed by atoms with van der Waals surface area (Å²) in [7, 11) is 0. The number of nitrogens with one attached hydrogen (secondary N) is 2. The first-order valence-corrected chi connectivity index (χ1v) is 8.00.